The number of nitro groups is 1. The van der Waals surface area contributed by atoms with Gasteiger partial charge in [-0.2, -0.15) is 18.4 Å². The molecule has 1 amide bonds. The summed E-state index contributed by atoms with van der Waals surface area (Å²) in [5.74, 6) is -0.682. The van der Waals surface area contributed by atoms with Gasteiger partial charge in [0.05, 0.1) is 25.6 Å². The normalized spacial score (nSPS) is 14.7. The number of rotatable bonds is 6. The lowest BCUT2D eigenvalue weighted by molar-refractivity contribution is -0.387. The first-order valence-electron chi connectivity index (χ1n) is 13.2. The zero-order valence-corrected chi connectivity index (χ0v) is 24.3. The molecule has 2 aromatic carbocycles. The topological polar surface area (TPSA) is 135 Å². The minimum Gasteiger partial charge on any atom is -0.338 e. The molecule has 0 aliphatic carbocycles. The minimum atomic E-state index is -4.85. The molecule has 15 heteroatoms. The number of hydrogen-bond acceptors (Lipinski definition) is 9. The van der Waals surface area contributed by atoms with E-state index < -0.39 is 39.4 Å². The Morgan fingerprint density at radius 3 is 2.45 bits per heavy atom. The van der Waals surface area contributed by atoms with E-state index in [9.17, 15) is 38.1 Å². The van der Waals surface area contributed by atoms with Gasteiger partial charge in [-0.25, -0.2) is 9.97 Å². The number of aromatic nitrogens is 3. The van der Waals surface area contributed by atoms with E-state index >= 15 is 0 Å². The van der Waals surface area contributed by atoms with Crippen molar-refractivity contribution in [1.82, 2.24) is 19.4 Å². The van der Waals surface area contributed by atoms with Gasteiger partial charge in [0, 0.05) is 31.5 Å². The number of carbonyl (C=O) groups excluding carboxylic acids is 1. The number of piperidine rings is 1. The maximum Gasteiger partial charge on any atom is 0.418 e. The van der Waals surface area contributed by atoms with Gasteiger partial charge in [0.25, 0.3) is 17.2 Å². The Labute approximate surface area is 255 Å². The summed E-state index contributed by atoms with van der Waals surface area (Å²) in [6.07, 6.45) is 1.73. The van der Waals surface area contributed by atoms with E-state index in [0.29, 0.717) is 37.3 Å². The summed E-state index contributed by atoms with van der Waals surface area (Å²) in [6.45, 7) is 0.750. The standard InChI is InChI=1S/C29H21F3N6O4S2/c30-29(31,32)20-7-2-3-8-21(20)37-26(40)24(43-27(37)19(17-33)25(39)36-13-4-1-5-14-36)16-18-9-10-23(22(15-18)38(41)42)44-28-34-11-6-12-35-28/h2-3,6-12,15-16H,1,4-5,13-14H2/b24-16-,27-19+. The van der Waals surface area contributed by atoms with Gasteiger partial charge in [-0.1, -0.05) is 18.2 Å². The van der Waals surface area contributed by atoms with E-state index in [1.165, 1.54) is 53.7 Å². The van der Waals surface area contributed by atoms with Crippen LogP contribution in [0.25, 0.3) is 17.3 Å². The highest BCUT2D eigenvalue weighted by atomic mass is 32.2. The van der Waals surface area contributed by atoms with Crippen LogP contribution in [0.2, 0.25) is 0 Å². The fraction of sp³-hybridized carbons (Fsp3) is 0.207. The highest BCUT2D eigenvalue weighted by Crippen LogP contribution is 2.34. The monoisotopic (exact) mass is 638 g/mol. The van der Waals surface area contributed by atoms with Crippen molar-refractivity contribution in [2.45, 2.75) is 35.5 Å². The maximum absolute atomic E-state index is 14.1. The fourth-order valence-corrected chi connectivity index (χ4v) is 6.55. The van der Waals surface area contributed by atoms with Gasteiger partial charge in [-0.3, -0.25) is 24.3 Å². The Morgan fingerprint density at radius 2 is 1.80 bits per heavy atom. The van der Waals surface area contributed by atoms with Crippen molar-refractivity contribution in [1.29, 1.82) is 5.26 Å². The van der Waals surface area contributed by atoms with Crippen LogP contribution in [0, 0.1) is 21.4 Å². The first-order chi connectivity index (χ1) is 21.1. The Kier molecular flexibility index (Phi) is 8.93. The van der Waals surface area contributed by atoms with Crippen LogP contribution in [0.1, 0.15) is 30.4 Å². The highest BCUT2D eigenvalue weighted by molar-refractivity contribution is 7.99. The largest absolute Gasteiger partial charge is 0.418 e. The number of alkyl halides is 3. The minimum absolute atomic E-state index is 0.128. The van der Waals surface area contributed by atoms with Crippen LogP contribution in [0.15, 0.2) is 75.8 Å². The summed E-state index contributed by atoms with van der Waals surface area (Å²) in [6, 6.07) is 12.0. The SMILES string of the molecule is N#C/C(C(=O)N1CCCCC1)=c1\s/c(=C\c2ccc(Sc3ncccn3)c([N+](=O)[O-])c2)c(=O)n1-c1ccccc1C(F)(F)F. The Hall–Kier alpha value is -4.81. The smallest absolute Gasteiger partial charge is 0.338 e. The van der Waals surface area contributed by atoms with E-state index in [-0.39, 0.29) is 30.5 Å². The predicted molar refractivity (Wildman–Crippen MR) is 156 cm³/mol. The lowest BCUT2D eigenvalue weighted by Crippen LogP contribution is -2.39. The number of carbonyl (C=O) groups is 1. The molecule has 0 atom stereocenters. The number of nitro benzene ring substituents is 1. The molecule has 4 aromatic rings. The molecule has 0 unspecified atom stereocenters. The highest BCUT2D eigenvalue weighted by Gasteiger charge is 2.35. The summed E-state index contributed by atoms with van der Waals surface area (Å²) < 4.78 is 42.5. The second-order valence-electron chi connectivity index (χ2n) is 9.53. The molecule has 1 aliphatic heterocycles. The molecule has 0 bridgehead atoms. The van der Waals surface area contributed by atoms with E-state index in [2.05, 4.69) is 9.97 Å². The molecule has 44 heavy (non-hydrogen) atoms. The first-order valence-corrected chi connectivity index (χ1v) is 14.8. The van der Waals surface area contributed by atoms with Gasteiger partial charge in [0.1, 0.15) is 10.7 Å². The Bertz CT molecular complexity index is 1960. The van der Waals surface area contributed by atoms with Gasteiger partial charge >= 0.3 is 6.18 Å². The van der Waals surface area contributed by atoms with Gasteiger partial charge < -0.3 is 4.90 Å². The molecule has 2 aromatic heterocycles. The van der Waals surface area contributed by atoms with Crippen LogP contribution in [-0.4, -0.2) is 43.4 Å². The molecule has 1 fully saturated rings. The number of amides is 1. The number of benzene rings is 2. The summed E-state index contributed by atoms with van der Waals surface area (Å²) in [5, 5.41) is 22.2. The molecule has 3 heterocycles. The molecule has 0 saturated carbocycles. The molecule has 5 rings (SSSR count). The Balaban J connectivity index is 1.74. The molecule has 1 saturated heterocycles. The van der Waals surface area contributed by atoms with Crippen molar-refractivity contribution in [3.8, 4) is 11.8 Å². The molecule has 0 radical (unpaired) electrons. The third-order valence-corrected chi connectivity index (χ3v) is 8.73. The predicted octanol–water partition coefficient (Wildman–Crippen LogP) is 4.28. The number of thiazole rings is 1. The van der Waals surface area contributed by atoms with Gasteiger partial charge in [-0.05, 0) is 66.9 Å². The fourth-order valence-electron chi connectivity index (χ4n) is 4.66. The molecule has 0 N–H and O–H groups in total. The average Bonchev–Trinajstić information content (AvgIpc) is 3.33. The van der Waals surface area contributed by atoms with Crippen molar-refractivity contribution < 1.29 is 22.9 Å². The van der Waals surface area contributed by atoms with Crippen molar-refractivity contribution in [2.75, 3.05) is 13.1 Å². The van der Waals surface area contributed by atoms with E-state index in [4.69, 9.17) is 0 Å². The second kappa shape index (κ2) is 12.8. The van der Waals surface area contributed by atoms with Crippen LogP contribution < -0.4 is 14.8 Å². The zero-order valence-electron chi connectivity index (χ0n) is 22.7. The molecule has 224 valence electrons. The number of halogens is 3. The second-order valence-corrected chi connectivity index (χ2v) is 11.6. The quantitative estimate of drug-likeness (QED) is 0.174. The molecule has 1 aliphatic rings. The van der Waals surface area contributed by atoms with E-state index in [1.807, 2.05) is 6.07 Å². The number of nitriles is 1. The average molecular weight is 639 g/mol. The van der Waals surface area contributed by atoms with Crippen LogP contribution in [-0.2, 0) is 11.0 Å². The van der Waals surface area contributed by atoms with Gasteiger partial charge in [0.15, 0.2) is 10.7 Å². The molecule has 10 nitrogen and oxygen atoms in total. The molecular weight excluding hydrogens is 617 g/mol. The molecular formula is C29H21F3N6O4S2. The number of para-hydroxylation sites is 1. The van der Waals surface area contributed by atoms with Crippen LogP contribution in [0.4, 0.5) is 18.9 Å². The van der Waals surface area contributed by atoms with Crippen molar-refractivity contribution in [3.63, 3.8) is 0 Å². The lowest BCUT2D eigenvalue weighted by atomic mass is 10.1. The van der Waals surface area contributed by atoms with E-state index in [0.717, 1.165) is 34.9 Å². The number of likely N-dealkylation sites (tertiary alicyclic amines) is 1. The molecule has 0 spiro atoms. The van der Waals surface area contributed by atoms with Crippen molar-refractivity contribution in [2.24, 2.45) is 0 Å². The summed E-state index contributed by atoms with van der Waals surface area (Å²) in [4.78, 5) is 48.3. The number of nitrogens with zero attached hydrogens (tertiary/aromatic N) is 6. The van der Waals surface area contributed by atoms with Crippen LogP contribution in [0.5, 0.6) is 0 Å². The third-order valence-electron chi connectivity index (χ3n) is 6.68. The third kappa shape index (κ3) is 6.41. The van der Waals surface area contributed by atoms with Crippen molar-refractivity contribution >= 4 is 46.3 Å². The first kappa shape index (κ1) is 30.6. The Morgan fingerprint density at radius 1 is 1.09 bits per heavy atom. The van der Waals surface area contributed by atoms with E-state index in [1.54, 1.807) is 6.07 Å². The summed E-state index contributed by atoms with van der Waals surface area (Å²) in [7, 11) is 0. The maximum atomic E-state index is 14.1. The summed E-state index contributed by atoms with van der Waals surface area (Å²) >= 11 is 1.63. The lowest BCUT2D eigenvalue weighted by Gasteiger charge is -2.26. The van der Waals surface area contributed by atoms with Crippen molar-refractivity contribution in [3.05, 3.63) is 102 Å². The van der Waals surface area contributed by atoms with Crippen LogP contribution >= 0.6 is 23.1 Å². The van der Waals surface area contributed by atoms with Gasteiger partial charge in [-0.15, -0.1) is 11.3 Å². The van der Waals surface area contributed by atoms with Crippen LogP contribution in [0.3, 0.4) is 0 Å². The zero-order chi connectivity index (χ0) is 31.4. The summed E-state index contributed by atoms with van der Waals surface area (Å²) in [5.41, 5.74) is -3.16. The number of hydrogen-bond donors (Lipinski definition) is 0. The van der Waals surface area contributed by atoms with Gasteiger partial charge in [0.2, 0.25) is 0 Å².